The number of aromatic nitrogens is 1. The summed E-state index contributed by atoms with van der Waals surface area (Å²) < 4.78 is 62.7. The average Bonchev–Trinajstić information content (AvgIpc) is 3.33. The van der Waals surface area contributed by atoms with Crippen LogP contribution in [0.4, 0.5) is 13.2 Å². The van der Waals surface area contributed by atoms with Crippen molar-refractivity contribution in [3.8, 4) is 11.5 Å². The molecule has 1 unspecified atom stereocenters. The Morgan fingerprint density at radius 3 is 2.76 bits per heavy atom. The number of hydrogen-bond donors (Lipinski definition) is 3. The van der Waals surface area contributed by atoms with Gasteiger partial charge in [-0.15, -0.1) is 0 Å². The van der Waals surface area contributed by atoms with Crippen LogP contribution in [-0.2, 0) is 17.5 Å². The maximum absolute atomic E-state index is 14.9. The van der Waals surface area contributed by atoms with Gasteiger partial charge >= 0.3 is 0 Å². The van der Waals surface area contributed by atoms with Crippen molar-refractivity contribution in [1.29, 1.82) is 5.41 Å². The van der Waals surface area contributed by atoms with Crippen LogP contribution in [0.3, 0.4) is 0 Å². The molecule has 1 atom stereocenters. The van der Waals surface area contributed by atoms with Crippen molar-refractivity contribution in [1.82, 2.24) is 9.29 Å². The number of halogens is 3. The maximum atomic E-state index is 14.9. The van der Waals surface area contributed by atoms with E-state index in [1.165, 1.54) is 12.3 Å². The summed E-state index contributed by atoms with van der Waals surface area (Å²) in [6.07, 6.45) is 2.22. The molecule has 0 bridgehead atoms. The van der Waals surface area contributed by atoms with Gasteiger partial charge in [-0.1, -0.05) is 0 Å². The number of H-pyrrole nitrogens is 1. The van der Waals surface area contributed by atoms with Gasteiger partial charge in [0.25, 0.3) is 0 Å². The van der Waals surface area contributed by atoms with Crippen LogP contribution in [0.15, 0.2) is 30.5 Å². The Bertz CT molecular complexity index is 1150. The smallest absolute Gasteiger partial charge is 0.203 e. The fraction of sp³-hybridized carbons (Fsp3) is 0.211. The average molecular weight is 422 g/mol. The maximum Gasteiger partial charge on any atom is 0.203 e. The van der Waals surface area contributed by atoms with Crippen molar-refractivity contribution in [3.05, 3.63) is 59.0 Å². The zero-order chi connectivity index (χ0) is 20.7. The highest BCUT2D eigenvalue weighted by Gasteiger charge is 2.27. The number of aromatic amines is 1. The SMILES string of the molecule is N=C(N)c1cc(Oc2c(F)c(F)c3[nH]ccc3c2CN2CCCS2=O)ccc1F. The molecule has 1 aliphatic heterocycles. The number of amidine groups is 1. The summed E-state index contributed by atoms with van der Waals surface area (Å²) in [5.41, 5.74) is 5.45. The van der Waals surface area contributed by atoms with Crippen molar-refractivity contribution in [2.45, 2.75) is 13.0 Å². The molecule has 1 aromatic heterocycles. The third-order valence-corrected chi connectivity index (χ3v) is 6.28. The highest BCUT2D eigenvalue weighted by Crippen LogP contribution is 2.38. The highest BCUT2D eigenvalue weighted by molar-refractivity contribution is 7.82. The van der Waals surface area contributed by atoms with E-state index in [1.807, 2.05) is 0 Å². The molecule has 4 rings (SSSR count). The first kappa shape index (κ1) is 19.5. The Morgan fingerprint density at radius 2 is 2.07 bits per heavy atom. The lowest BCUT2D eigenvalue weighted by Gasteiger charge is -2.19. The molecule has 2 heterocycles. The monoisotopic (exact) mass is 422 g/mol. The van der Waals surface area contributed by atoms with Crippen LogP contribution in [0.1, 0.15) is 17.5 Å². The van der Waals surface area contributed by atoms with Gasteiger partial charge in [0, 0.05) is 36.0 Å². The van der Waals surface area contributed by atoms with Crippen LogP contribution < -0.4 is 10.5 Å². The standard InChI is InChI=1S/C19H17F3N4O2S/c20-14-3-2-10(8-12(14)19(23)24)28-18-13(9-26-6-1-7-29(26)27)11-4-5-25-17(11)15(21)16(18)22/h2-5,8,25H,1,6-7,9H2,(H3,23,24). The normalized spacial score (nSPS) is 17.1. The Labute approximate surface area is 166 Å². The molecule has 0 aliphatic carbocycles. The summed E-state index contributed by atoms with van der Waals surface area (Å²) in [7, 11) is -1.21. The second kappa shape index (κ2) is 7.53. The summed E-state index contributed by atoms with van der Waals surface area (Å²) >= 11 is 0. The topological polar surface area (TPSA) is 95.2 Å². The van der Waals surface area contributed by atoms with Gasteiger partial charge < -0.3 is 15.5 Å². The molecule has 2 aromatic carbocycles. The number of nitrogens with one attached hydrogen (secondary N) is 2. The first-order valence-corrected chi connectivity index (χ1v) is 10.1. The number of hydrogen-bond acceptors (Lipinski definition) is 3. The number of nitrogens with zero attached hydrogens (tertiary/aromatic N) is 1. The lowest BCUT2D eigenvalue weighted by Crippen LogP contribution is -2.21. The van der Waals surface area contributed by atoms with Crippen LogP contribution in [0.2, 0.25) is 0 Å². The fourth-order valence-corrected chi connectivity index (χ4v) is 4.58. The predicted molar refractivity (Wildman–Crippen MR) is 104 cm³/mol. The minimum Gasteiger partial charge on any atom is -0.454 e. The molecule has 1 aliphatic rings. The molecule has 6 nitrogen and oxygen atoms in total. The summed E-state index contributed by atoms with van der Waals surface area (Å²) in [4.78, 5) is 2.67. The van der Waals surface area contributed by atoms with Crippen LogP contribution in [-0.4, -0.2) is 31.6 Å². The van der Waals surface area contributed by atoms with E-state index >= 15 is 0 Å². The molecule has 0 spiro atoms. The van der Waals surface area contributed by atoms with Gasteiger partial charge in [0.1, 0.15) is 17.4 Å². The van der Waals surface area contributed by atoms with E-state index in [1.54, 1.807) is 10.4 Å². The quantitative estimate of drug-likeness (QED) is 0.434. The van der Waals surface area contributed by atoms with Gasteiger partial charge in [-0.05, 0) is 30.7 Å². The first-order chi connectivity index (χ1) is 13.9. The van der Waals surface area contributed by atoms with E-state index in [2.05, 4.69) is 4.98 Å². The van der Waals surface area contributed by atoms with Gasteiger partial charge in [-0.2, -0.15) is 4.39 Å². The molecule has 1 fully saturated rings. The zero-order valence-electron chi connectivity index (χ0n) is 15.1. The van der Waals surface area contributed by atoms with Crippen LogP contribution in [0.25, 0.3) is 10.9 Å². The van der Waals surface area contributed by atoms with Gasteiger partial charge in [0.05, 0.1) is 22.1 Å². The summed E-state index contributed by atoms with van der Waals surface area (Å²) in [6, 6.07) is 5.00. The van der Waals surface area contributed by atoms with Crippen LogP contribution >= 0.6 is 0 Å². The van der Waals surface area contributed by atoms with Crippen LogP contribution in [0.5, 0.6) is 11.5 Å². The van der Waals surface area contributed by atoms with Gasteiger partial charge in [-0.3, -0.25) is 5.41 Å². The summed E-state index contributed by atoms with van der Waals surface area (Å²) in [5.74, 6) is -3.45. The van der Waals surface area contributed by atoms with E-state index in [4.69, 9.17) is 15.9 Å². The molecule has 1 saturated heterocycles. The molecule has 0 radical (unpaired) electrons. The van der Waals surface area contributed by atoms with Crippen molar-refractivity contribution in [3.63, 3.8) is 0 Å². The zero-order valence-corrected chi connectivity index (χ0v) is 15.9. The molecule has 0 saturated carbocycles. The van der Waals surface area contributed by atoms with E-state index in [0.717, 1.165) is 18.6 Å². The van der Waals surface area contributed by atoms with E-state index in [9.17, 15) is 17.4 Å². The number of nitrogen functional groups attached to an aromatic ring is 1. The Balaban J connectivity index is 1.83. The second-order valence-electron chi connectivity index (χ2n) is 6.60. The Kier molecular flexibility index (Phi) is 5.05. The number of fused-ring (bicyclic) bond motifs is 1. The van der Waals surface area contributed by atoms with E-state index in [-0.39, 0.29) is 29.1 Å². The van der Waals surface area contributed by atoms with Crippen molar-refractivity contribution in [2.24, 2.45) is 5.73 Å². The second-order valence-corrected chi connectivity index (χ2v) is 8.17. The summed E-state index contributed by atoms with van der Waals surface area (Å²) in [5, 5.41) is 7.83. The Morgan fingerprint density at radius 1 is 1.28 bits per heavy atom. The largest absolute Gasteiger partial charge is 0.454 e. The molecule has 29 heavy (non-hydrogen) atoms. The van der Waals surface area contributed by atoms with Crippen molar-refractivity contribution < 1.29 is 22.1 Å². The summed E-state index contributed by atoms with van der Waals surface area (Å²) in [6.45, 7) is 0.649. The first-order valence-electron chi connectivity index (χ1n) is 8.79. The third-order valence-electron chi connectivity index (χ3n) is 4.75. The third kappa shape index (κ3) is 3.49. The number of nitrogens with two attached hydrogens (primary N) is 1. The molecule has 3 aromatic rings. The minimum absolute atomic E-state index is 0.00594. The van der Waals surface area contributed by atoms with Crippen molar-refractivity contribution >= 4 is 27.7 Å². The Hall–Kier alpha value is -2.85. The molecule has 10 heteroatoms. The number of ether oxygens (including phenoxy) is 1. The molecule has 4 N–H and O–H groups in total. The molecule has 0 amide bonds. The number of benzene rings is 2. The minimum atomic E-state index is -1.21. The lowest BCUT2D eigenvalue weighted by molar-refractivity contribution is 0.400. The molecular weight excluding hydrogens is 405 g/mol. The number of rotatable bonds is 5. The van der Waals surface area contributed by atoms with Gasteiger partial charge in [0.2, 0.25) is 5.82 Å². The predicted octanol–water partition coefficient (Wildman–Crippen LogP) is 3.53. The van der Waals surface area contributed by atoms with Crippen LogP contribution in [0, 0.1) is 22.9 Å². The lowest BCUT2D eigenvalue weighted by atomic mass is 10.1. The van der Waals surface area contributed by atoms with E-state index in [0.29, 0.717) is 23.2 Å². The van der Waals surface area contributed by atoms with Crippen molar-refractivity contribution in [2.75, 3.05) is 12.3 Å². The molecule has 152 valence electrons. The molecular formula is C19H17F3N4O2S. The van der Waals surface area contributed by atoms with Gasteiger partial charge in [-0.25, -0.2) is 17.3 Å². The van der Waals surface area contributed by atoms with Gasteiger partial charge in [0.15, 0.2) is 11.6 Å². The fourth-order valence-electron chi connectivity index (χ4n) is 3.34. The highest BCUT2D eigenvalue weighted by atomic mass is 32.2. The van der Waals surface area contributed by atoms with E-state index < -0.39 is 34.3 Å².